The fourth-order valence-electron chi connectivity index (χ4n) is 3.46. The maximum absolute atomic E-state index is 12.8. The second-order valence-electron chi connectivity index (χ2n) is 5.89. The van der Waals surface area contributed by atoms with Gasteiger partial charge in [0.2, 0.25) is 5.91 Å². The Bertz CT molecular complexity index is 521. The summed E-state index contributed by atoms with van der Waals surface area (Å²) in [5.41, 5.74) is 0.445. The van der Waals surface area contributed by atoms with E-state index in [2.05, 4.69) is 0 Å². The third-order valence-electron chi connectivity index (χ3n) is 4.61. The molecule has 0 atom stereocenters. The van der Waals surface area contributed by atoms with Gasteiger partial charge in [0.1, 0.15) is 0 Å². The Morgan fingerprint density at radius 3 is 2.35 bits per heavy atom. The van der Waals surface area contributed by atoms with Gasteiger partial charge in [0, 0.05) is 13.5 Å². The zero-order valence-corrected chi connectivity index (χ0v) is 11.8. The molecule has 1 heterocycles. The lowest BCUT2D eigenvalue weighted by Gasteiger charge is -2.33. The lowest BCUT2D eigenvalue weighted by Crippen LogP contribution is -2.46. The predicted molar refractivity (Wildman–Crippen MR) is 76.8 cm³/mol. The first-order chi connectivity index (χ1) is 9.64. The molecular formula is C16H20N2O2. The molecule has 1 saturated heterocycles. The predicted octanol–water partition coefficient (Wildman–Crippen LogP) is 2.75. The molecular weight excluding hydrogens is 252 g/mol. The van der Waals surface area contributed by atoms with E-state index >= 15 is 0 Å². The quantitative estimate of drug-likeness (QED) is 0.777. The van der Waals surface area contributed by atoms with Gasteiger partial charge in [-0.15, -0.1) is 0 Å². The van der Waals surface area contributed by atoms with E-state index in [1.807, 2.05) is 30.3 Å². The summed E-state index contributed by atoms with van der Waals surface area (Å²) in [6.07, 6.45) is 5.39. The molecule has 1 aliphatic carbocycles. The molecule has 1 saturated carbocycles. The highest BCUT2D eigenvalue weighted by Gasteiger charge is 2.53. The second kappa shape index (κ2) is 4.93. The van der Waals surface area contributed by atoms with Gasteiger partial charge < -0.3 is 0 Å². The zero-order valence-electron chi connectivity index (χ0n) is 11.8. The van der Waals surface area contributed by atoms with Crippen LogP contribution in [0.3, 0.4) is 0 Å². The zero-order chi connectivity index (χ0) is 14.2. The number of amides is 2. The summed E-state index contributed by atoms with van der Waals surface area (Å²) in [5.74, 6) is -0.0724. The number of hydrazine groups is 1. The Morgan fingerprint density at radius 1 is 1.05 bits per heavy atom. The summed E-state index contributed by atoms with van der Waals surface area (Å²) < 4.78 is 0. The molecule has 2 fully saturated rings. The number of hydrogen-bond donors (Lipinski definition) is 0. The maximum atomic E-state index is 12.8. The largest absolute Gasteiger partial charge is 0.279 e. The van der Waals surface area contributed by atoms with Gasteiger partial charge in [-0.2, -0.15) is 5.01 Å². The molecule has 0 unspecified atom stereocenters. The minimum atomic E-state index is -0.418. The number of rotatable bonds is 2. The molecule has 0 aromatic heterocycles. The van der Waals surface area contributed by atoms with E-state index in [-0.39, 0.29) is 11.8 Å². The minimum absolute atomic E-state index is 0.00597. The molecule has 0 radical (unpaired) electrons. The first kappa shape index (κ1) is 13.2. The Morgan fingerprint density at radius 2 is 1.70 bits per heavy atom. The van der Waals surface area contributed by atoms with Crippen molar-refractivity contribution in [2.45, 2.75) is 38.5 Å². The number of nitrogens with zero attached hydrogens (tertiary/aromatic N) is 2. The van der Waals surface area contributed by atoms with Crippen molar-refractivity contribution < 1.29 is 9.59 Å². The van der Waals surface area contributed by atoms with Crippen LogP contribution in [0.25, 0.3) is 0 Å². The number of carbonyl (C=O) groups excluding carboxylic acids is 2. The van der Waals surface area contributed by atoms with Crippen LogP contribution < -0.4 is 5.01 Å². The number of para-hydroxylation sites is 1. The average molecular weight is 272 g/mol. The van der Waals surface area contributed by atoms with Crippen LogP contribution in [-0.2, 0) is 9.59 Å². The number of imide groups is 1. The first-order valence-electron chi connectivity index (χ1n) is 7.30. The van der Waals surface area contributed by atoms with Crippen molar-refractivity contribution in [2.24, 2.45) is 5.41 Å². The second-order valence-corrected chi connectivity index (χ2v) is 5.89. The highest BCUT2D eigenvalue weighted by atomic mass is 16.2. The van der Waals surface area contributed by atoms with Crippen molar-refractivity contribution >= 4 is 17.5 Å². The van der Waals surface area contributed by atoms with Crippen LogP contribution in [0.5, 0.6) is 0 Å². The van der Waals surface area contributed by atoms with Gasteiger partial charge in [0.05, 0.1) is 11.1 Å². The summed E-state index contributed by atoms with van der Waals surface area (Å²) >= 11 is 0. The SMILES string of the molecule is CN(c1ccccc1)N1C(=O)CC2(CCCCC2)C1=O. The van der Waals surface area contributed by atoms with Crippen molar-refractivity contribution in [1.29, 1.82) is 0 Å². The van der Waals surface area contributed by atoms with Crippen LogP contribution in [0.2, 0.25) is 0 Å². The number of hydrogen-bond acceptors (Lipinski definition) is 3. The van der Waals surface area contributed by atoms with Crippen LogP contribution in [-0.4, -0.2) is 23.9 Å². The van der Waals surface area contributed by atoms with Gasteiger partial charge in [-0.05, 0) is 25.0 Å². The molecule has 1 aliphatic heterocycles. The molecule has 106 valence electrons. The Labute approximate surface area is 119 Å². The van der Waals surface area contributed by atoms with Gasteiger partial charge in [0.15, 0.2) is 0 Å². The molecule has 4 heteroatoms. The van der Waals surface area contributed by atoms with E-state index in [0.717, 1.165) is 31.4 Å². The van der Waals surface area contributed by atoms with Crippen molar-refractivity contribution in [3.8, 4) is 0 Å². The third-order valence-corrected chi connectivity index (χ3v) is 4.61. The van der Waals surface area contributed by atoms with Crippen LogP contribution in [0.4, 0.5) is 5.69 Å². The number of anilines is 1. The van der Waals surface area contributed by atoms with Gasteiger partial charge >= 0.3 is 0 Å². The lowest BCUT2D eigenvalue weighted by molar-refractivity contribution is -0.142. The van der Waals surface area contributed by atoms with Gasteiger partial charge in [-0.25, -0.2) is 0 Å². The van der Waals surface area contributed by atoms with E-state index in [4.69, 9.17) is 0 Å². The molecule has 2 aliphatic rings. The third kappa shape index (κ3) is 1.99. The molecule has 4 nitrogen and oxygen atoms in total. The first-order valence-corrected chi connectivity index (χ1v) is 7.30. The molecule has 1 spiro atoms. The number of carbonyl (C=O) groups is 2. The lowest BCUT2D eigenvalue weighted by atomic mass is 9.73. The van der Waals surface area contributed by atoms with Crippen LogP contribution in [0.15, 0.2) is 30.3 Å². The summed E-state index contributed by atoms with van der Waals surface area (Å²) in [6.45, 7) is 0. The monoisotopic (exact) mass is 272 g/mol. The Kier molecular flexibility index (Phi) is 3.24. The fourth-order valence-corrected chi connectivity index (χ4v) is 3.46. The van der Waals surface area contributed by atoms with Crippen LogP contribution >= 0.6 is 0 Å². The van der Waals surface area contributed by atoms with E-state index in [0.29, 0.717) is 6.42 Å². The standard InChI is InChI=1S/C16H20N2O2/c1-17(13-8-4-2-5-9-13)18-14(19)12-16(15(18)20)10-6-3-7-11-16/h2,4-5,8-9H,3,6-7,10-12H2,1H3. The van der Waals surface area contributed by atoms with E-state index < -0.39 is 5.41 Å². The Hall–Kier alpha value is -1.84. The smallest absolute Gasteiger partial charge is 0.255 e. The summed E-state index contributed by atoms with van der Waals surface area (Å²) in [5, 5.41) is 3.04. The van der Waals surface area contributed by atoms with E-state index in [1.165, 1.54) is 11.4 Å². The Balaban J connectivity index is 1.87. The van der Waals surface area contributed by atoms with Crippen molar-refractivity contribution in [2.75, 3.05) is 12.1 Å². The topological polar surface area (TPSA) is 40.6 Å². The van der Waals surface area contributed by atoms with Gasteiger partial charge in [0.25, 0.3) is 5.91 Å². The molecule has 0 bridgehead atoms. The molecule has 20 heavy (non-hydrogen) atoms. The normalized spacial score (nSPS) is 21.6. The molecule has 1 aromatic rings. The summed E-state index contributed by atoms with van der Waals surface area (Å²) in [7, 11) is 1.78. The average Bonchev–Trinajstić information content (AvgIpc) is 2.71. The molecule has 2 amide bonds. The maximum Gasteiger partial charge on any atom is 0.255 e. The van der Waals surface area contributed by atoms with Crippen LogP contribution in [0.1, 0.15) is 38.5 Å². The minimum Gasteiger partial charge on any atom is -0.279 e. The summed E-state index contributed by atoms with van der Waals surface area (Å²) in [6, 6.07) is 9.56. The summed E-state index contributed by atoms with van der Waals surface area (Å²) in [4.78, 5) is 25.1. The van der Waals surface area contributed by atoms with Gasteiger partial charge in [-0.3, -0.25) is 14.6 Å². The molecule has 0 N–H and O–H groups in total. The van der Waals surface area contributed by atoms with Crippen molar-refractivity contribution in [3.05, 3.63) is 30.3 Å². The molecule has 3 rings (SSSR count). The molecule has 1 aromatic carbocycles. The van der Waals surface area contributed by atoms with E-state index in [1.54, 1.807) is 12.1 Å². The fraction of sp³-hybridized carbons (Fsp3) is 0.500. The van der Waals surface area contributed by atoms with Crippen molar-refractivity contribution in [3.63, 3.8) is 0 Å². The van der Waals surface area contributed by atoms with E-state index in [9.17, 15) is 9.59 Å². The highest BCUT2D eigenvalue weighted by Crippen LogP contribution is 2.45. The van der Waals surface area contributed by atoms with Crippen LogP contribution in [0, 0.1) is 5.41 Å². The number of benzene rings is 1. The highest BCUT2D eigenvalue weighted by molar-refractivity contribution is 6.07. The van der Waals surface area contributed by atoms with Gasteiger partial charge in [-0.1, -0.05) is 37.5 Å². The van der Waals surface area contributed by atoms with Crippen molar-refractivity contribution in [1.82, 2.24) is 5.01 Å².